The van der Waals surface area contributed by atoms with Gasteiger partial charge < -0.3 is 11.1 Å². The second-order valence-corrected chi connectivity index (χ2v) is 4.95. The molecule has 0 saturated heterocycles. The predicted octanol–water partition coefficient (Wildman–Crippen LogP) is 1.13. The van der Waals surface area contributed by atoms with E-state index < -0.39 is 0 Å². The molecule has 0 bridgehead atoms. The molecule has 0 aromatic heterocycles. The van der Waals surface area contributed by atoms with Crippen molar-refractivity contribution in [1.29, 1.82) is 0 Å². The third-order valence-electron chi connectivity index (χ3n) is 2.88. The standard InChI is InChI=1S/C11H22N2O/c1-7(2)4-10(12)11(14)13-6-9-5-8(9)3/h7-10H,4-6,12H2,1-3H3,(H,13,14)/t8?,9?,10-/m1/s1. The molecule has 0 radical (unpaired) electrons. The Labute approximate surface area is 86.4 Å². The minimum absolute atomic E-state index is 0.0119. The molecule has 3 nitrogen and oxygen atoms in total. The van der Waals surface area contributed by atoms with Crippen molar-refractivity contribution in [3.8, 4) is 0 Å². The Morgan fingerprint density at radius 1 is 1.57 bits per heavy atom. The van der Waals surface area contributed by atoms with Gasteiger partial charge in [0.05, 0.1) is 6.04 Å². The summed E-state index contributed by atoms with van der Waals surface area (Å²) in [6.07, 6.45) is 2.02. The van der Waals surface area contributed by atoms with Crippen LogP contribution in [-0.2, 0) is 4.79 Å². The highest BCUT2D eigenvalue weighted by Crippen LogP contribution is 2.36. The number of nitrogens with one attached hydrogen (secondary N) is 1. The summed E-state index contributed by atoms with van der Waals surface area (Å²) in [6.45, 7) is 7.18. The number of amides is 1. The summed E-state index contributed by atoms with van der Waals surface area (Å²) >= 11 is 0. The Morgan fingerprint density at radius 2 is 2.14 bits per heavy atom. The lowest BCUT2D eigenvalue weighted by atomic mass is 10.0. The molecule has 1 amide bonds. The Morgan fingerprint density at radius 3 is 2.57 bits per heavy atom. The van der Waals surface area contributed by atoms with Gasteiger partial charge in [0.15, 0.2) is 0 Å². The first-order valence-corrected chi connectivity index (χ1v) is 5.54. The molecule has 0 aromatic rings. The van der Waals surface area contributed by atoms with Crippen molar-refractivity contribution in [1.82, 2.24) is 5.32 Å². The van der Waals surface area contributed by atoms with Crippen molar-refractivity contribution in [2.45, 2.75) is 39.7 Å². The average Bonchev–Trinajstić information content (AvgIpc) is 2.76. The molecule has 1 rings (SSSR count). The van der Waals surface area contributed by atoms with Gasteiger partial charge in [-0.25, -0.2) is 0 Å². The highest BCUT2D eigenvalue weighted by atomic mass is 16.2. The molecule has 1 aliphatic carbocycles. The number of rotatable bonds is 5. The summed E-state index contributed by atoms with van der Waals surface area (Å²) in [6, 6.07) is -0.330. The smallest absolute Gasteiger partial charge is 0.236 e. The van der Waals surface area contributed by atoms with Gasteiger partial charge in [0.1, 0.15) is 0 Å². The lowest BCUT2D eigenvalue weighted by Crippen LogP contribution is -2.42. The summed E-state index contributed by atoms with van der Waals surface area (Å²) in [5.41, 5.74) is 5.75. The zero-order valence-corrected chi connectivity index (χ0v) is 9.42. The van der Waals surface area contributed by atoms with Gasteiger partial charge in [0.2, 0.25) is 5.91 Å². The normalized spacial score (nSPS) is 27.5. The van der Waals surface area contributed by atoms with Crippen LogP contribution in [0.2, 0.25) is 0 Å². The molecular weight excluding hydrogens is 176 g/mol. The lowest BCUT2D eigenvalue weighted by molar-refractivity contribution is -0.122. The number of nitrogens with two attached hydrogens (primary N) is 1. The van der Waals surface area contributed by atoms with Crippen molar-refractivity contribution in [3.63, 3.8) is 0 Å². The van der Waals surface area contributed by atoms with E-state index in [2.05, 4.69) is 26.1 Å². The molecule has 1 aliphatic rings. The van der Waals surface area contributed by atoms with Gasteiger partial charge in [0.25, 0.3) is 0 Å². The quantitative estimate of drug-likeness (QED) is 0.696. The van der Waals surface area contributed by atoms with Crippen molar-refractivity contribution in [3.05, 3.63) is 0 Å². The van der Waals surface area contributed by atoms with Crippen LogP contribution in [-0.4, -0.2) is 18.5 Å². The fourth-order valence-electron chi connectivity index (χ4n) is 1.66. The Bertz CT molecular complexity index is 203. The van der Waals surface area contributed by atoms with Crippen molar-refractivity contribution >= 4 is 5.91 Å². The third-order valence-corrected chi connectivity index (χ3v) is 2.88. The van der Waals surface area contributed by atoms with Crippen molar-refractivity contribution in [2.24, 2.45) is 23.5 Å². The topological polar surface area (TPSA) is 55.1 Å². The van der Waals surface area contributed by atoms with Crippen LogP contribution in [0.15, 0.2) is 0 Å². The molecule has 3 heteroatoms. The van der Waals surface area contributed by atoms with E-state index in [-0.39, 0.29) is 11.9 Å². The Hall–Kier alpha value is -0.570. The summed E-state index contributed by atoms with van der Waals surface area (Å²) < 4.78 is 0. The lowest BCUT2D eigenvalue weighted by Gasteiger charge is -2.13. The highest BCUT2D eigenvalue weighted by Gasteiger charge is 2.32. The SMILES string of the molecule is CC(C)C[C@@H](N)C(=O)NCC1CC1C. The van der Waals surface area contributed by atoms with Crippen molar-refractivity contribution < 1.29 is 4.79 Å². The number of hydrogen-bond donors (Lipinski definition) is 2. The van der Waals surface area contributed by atoms with Crippen LogP contribution in [0.4, 0.5) is 0 Å². The molecule has 0 heterocycles. The maximum atomic E-state index is 11.5. The fourth-order valence-corrected chi connectivity index (χ4v) is 1.66. The van der Waals surface area contributed by atoms with Crippen LogP contribution < -0.4 is 11.1 Å². The van der Waals surface area contributed by atoms with E-state index in [1.54, 1.807) is 0 Å². The Balaban J connectivity index is 2.13. The van der Waals surface area contributed by atoms with Gasteiger partial charge in [-0.2, -0.15) is 0 Å². The van der Waals surface area contributed by atoms with E-state index in [9.17, 15) is 4.79 Å². The van der Waals surface area contributed by atoms with Crippen LogP contribution in [0, 0.1) is 17.8 Å². The molecule has 3 atom stereocenters. The largest absolute Gasteiger partial charge is 0.354 e. The molecule has 14 heavy (non-hydrogen) atoms. The molecule has 3 N–H and O–H groups in total. The average molecular weight is 198 g/mol. The number of hydrogen-bond acceptors (Lipinski definition) is 2. The molecule has 1 saturated carbocycles. The van der Waals surface area contributed by atoms with Gasteiger partial charge >= 0.3 is 0 Å². The molecule has 82 valence electrons. The number of carbonyl (C=O) groups is 1. The van der Waals surface area contributed by atoms with Crippen LogP contribution in [0.5, 0.6) is 0 Å². The van der Waals surface area contributed by atoms with Crippen LogP contribution >= 0.6 is 0 Å². The second kappa shape index (κ2) is 4.78. The molecule has 1 fully saturated rings. The van der Waals surface area contributed by atoms with Gasteiger partial charge in [-0.3, -0.25) is 4.79 Å². The minimum Gasteiger partial charge on any atom is -0.354 e. The molecular formula is C11H22N2O. The van der Waals surface area contributed by atoms with E-state index in [0.29, 0.717) is 11.8 Å². The van der Waals surface area contributed by atoms with Gasteiger partial charge in [-0.15, -0.1) is 0 Å². The predicted molar refractivity (Wildman–Crippen MR) is 57.7 cm³/mol. The first-order chi connectivity index (χ1) is 6.50. The monoisotopic (exact) mass is 198 g/mol. The zero-order chi connectivity index (χ0) is 10.7. The molecule has 0 spiro atoms. The molecule has 2 unspecified atom stereocenters. The summed E-state index contributed by atoms with van der Waals surface area (Å²) in [5, 5.41) is 2.92. The van der Waals surface area contributed by atoms with Crippen LogP contribution in [0.3, 0.4) is 0 Å². The summed E-state index contributed by atoms with van der Waals surface area (Å²) in [4.78, 5) is 11.5. The van der Waals surface area contributed by atoms with Gasteiger partial charge in [-0.1, -0.05) is 20.8 Å². The maximum Gasteiger partial charge on any atom is 0.236 e. The molecule has 0 aliphatic heterocycles. The van der Waals surface area contributed by atoms with Crippen LogP contribution in [0.1, 0.15) is 33.6 Å². The fraction of sp³-hybridized carbons (Fsp3) is 0.909. The van der Waals surface area contributed by atoms with Crippen molar-refractivity contribution in [2.75, 3.05) is 6.54 Å². The van der Waals surface area contributed by atoms with E-state index in [1.807, 2.05) is 0 Å². The maximum absolute atomic E-state index is 11.5. The second-order valence-electron chi connectivity index (χ2n) is 4.95. The van der Waals surface area contributed by atoms with E-state index >= 15 is 0 Å². The van der Waals surface area contributed by atoms with E-state index in [1.165, 1.54) is 6.42 Å². The minimum atomic E-state index is -0.330. The number of carbonyl (C=O) groups excluding carboxylic acids is 1. The Kier molecular flexibility index (Phi) is 3.93. The van der Waals surface area contributed by atoms with E-state index in [0.717, 1.165) is 18.9 Å². The van der Waals surface area contributed by atoms with Gasteiger partial charge in [0, 0.05) is 6.54 Å². The summed E-state index contributed by atoms with van der Waals surface area (Å²) in [5.74, 6) is 1.98. The van der Waals surface area contributed by atoms with E-state index in [4.69, 9.17) is 5.73 Å². The first kappa shape index (κ1) is 11.5. The first-order valence-electron chi connectivity index (χ1n) is 5.54. The molecule has 0 aromatic carbocycles. The highest BCUT2D eigenvalue weighted by molar-refractivity contribution is 5.81. The summed E-state index contributed by atoms with van der Waals surface area (Å²) in [7, 11) is 0. The van der Waals surface area contributed by atoms with Crippen LogP contribution in [0.25, 0.3) is 0 Å². The third kappa shape index (κ3) is 3.66. The van der Waals surface area contributed by atoms with Gasteiger partial charge in [-0.05, 0) is 30.6 Å². The zero-order valence-electron chi connectivity index (χ0n) is 9.42.